The van der Waals surface area contributed by atoms with Crippen molar-refractivity contribution in [2.45, 2.75) is 11.9 Å². The lowest BCUT2D eigenvalue weighted by atomic mass is 10.3. The van der Waals surface area contributed by atoms with Crippen molar-refractivity contribution in [1.29, 1.82) is 0 Å². The highest BCUT2D eigenvalue weighted by atomic mass is 32.2. The van der Waals surface area contributed by atoms with Gasteiger partial charge in [0.15, 0.2) is 5.82 Å². The van der Waals surface area contributed by atoms with Crippen LogP contribution in [-0.4, -0.2) is 26.8 Å². The van der Waals surface area contributed by atoms with Crippen LogP contribution in [0.1, 0.15) is 5.82 Å². The molecular weight excluding hydrogens is 331 g/mol. The first-order valence-electron chi connectivity index (χ1n) is 7.06. The first kappa shape index (κ1) is 16.1. The van der Waals surface area contributed by atoms with E-state index in [4.69, 9.17) is 4.52 Å². The first-order chi connectivity index (χ1) is 11.6. The van der Waals surface area contributed by atoms with Gasteiger partial charge in [0.2, 0.25) is 5.91 Å². The van der Waals surface area contributed by atoms with E-state index in [0.717, 1.165) is 0 Å². The monoisotopic (exact) mass is 344 g/mol. The number of thioether (sulfide) groups is 1. The van der Waals surface area contributed by atoms with Crippen molar-refractivity contribution in [3.63, 3.8) is 0 Å². The molecule has 0 bridgehead atoms. The van der Waals surface area contributed by atoms with Crippen LogP contribution in [0.2, 0.25) is 0 Å². The van der Waals surface area contributed by atoms with E-state index < -0.39 is 5.82 Å². The van der Waals surface area contributed by atoms with Crippen molar-refractivity contribution in [3.8, 4) is 11.5 Å². The molecule has 3 aromatic rings. The molecule has 2 aromatic heterocycles. The van der Waals surface area contributed by atoms with Crippen LogP contribution < -0.4 is 5.32 Å². The Balaban J connectivity index is 1.57. The second-order valence-corrected chi connectivity index (χ2v) is 5.84. The molecule has 0 atom stereocenters. The van der Waals surface area contributed by atoms with E-state index in [1.807, 2.05) is 0 Å². The Hall–Kier alpha value is -2.74. The number of anilines is 1. The molecule has 0 saturated carbocycles. The number of aryl methyl sites for hydroxylation is 1. The minimum absolute atomic E-state index is 0.125. The maximum Gasteiger partial charge on any atom is 0.259 e. The SMILES string of the molecule is Cc1noc(-c2ccc(SCC(=O)Nc3ccccc3F)nc2)n1. The average molecular weight is 344 g/mol. The summed E-state index contributed by atoms with van der Waals surface area (Å²) in [5.41, 5.74) is 0.869. The van der Waals surface area contributed by atoms with E-state index in [2.05, 4.69) is 20.4 Å². The fraction of sp³-hybridized carbons (Fsp3) is 0.125. The van der Waals surface area contributed by atoms with Crippen LogP contribution in [0.5, 0.6) is 0 Å². The van der Waals surface area contributed by atoms with Gasteiger partial charge in [-0.05, 0) is 31.2 Å². The van der Waals surface area contributed by atoms with Crippen LogP contribution in [0.4, 0.5) is 10.1 Å². The van der Waals surface area contributed by atoms with Crippen molar-refractivity contribution < 1.29 is 13.7 Å². The number of nitrogens with one attached hydrogen (secondary N) is 1. The molecule has 1 amide bonds. The van der Waals surface area contributed by atoms with Gasteiger partial charge in [0.1, 0.15) is 5.82 Å². The quantitative estimate of drug-likeness (QED) is 0.715. The molecule has 122 valence electrons. The van der Waals surface area contributed by atoms with Gasteiger partial charge in [0, 0.05) is 6.20 Å². The minimum atomic E-state index is -0.465. The number of rotatable bonds is 5. The number of benzene rings is 1. The van der Waals surface area contributed by atoms with E-state index in [1.54, 1.807) is 37.4 Å². The molecule has 0 saturated heterocycles. The van der Waals surface area contributed by atoms with Gasteiger partial charge in [0.05, 0.1) is 22.0 Å². The summed E-state index contributed by atoms with van der Waals surface area (Å²) in [4.78, 5) is 20.2. The van der Waals surface area contributed by atoms with Crippen molar-refractivity contribution in [2.24, 2.45) is 0 Å². The Kier molecular flexibility index (Phi) is 4.85. The summed E-state index contributed by atoms with van der Waals surface area (Å²) in [6, 6.07) is 9.58. The molecule has 0 radical (unpaired) electrons. The molecule has 1 aromatic carbocycles. The largest absolute Gasteiger partial charge is 0.334 e. The van der Waals surface area contributed by atoms with Crippen LogP contribution in [-0.2, 0) is 4.79 Å². The molecular formula is C16H13FN4O2S. The lowest BCUT2D eigenvalue weighted by Crippen LogP contribution is -2.15. The topological polar surface area (TPSA) is 80.9 Å². The highest BCUT2D eigenvalue weighted by Gasteiger charge is 2.09. The summed E-state index contributed by atoms with van der Waals surface area (Å²) < 4.78 is 18.5. The fourth-order valence-electron chi connectivity index (χ4n) is 1.89. The predicted molar refractivity (Wildman–Crippen MR) is 88.0 cm³/mol. The summed E-state index contributed by atoms with van der Waals surface area (Å²) in [5.74, 6) is 0.305. The first-order valence-corrected chi connectivity index (χ1v) is 8.04. The fourth-order valence-corrected chi connectivity index (χ4v) is 2.54. The van der Waals surface area contributed by atoms with Gasteiger partial charge in [-0.15, -0.1) is 0 Å². The highest BCUT2D eigenvalue weighted by Crippen LogP contribution is 2.21. The number of carbonyl (C=O) groups is 1. The number of halogens is 1. The molecule has 0 fully saturated rings. The van der Waals surface area contributed by atoms with Crippen molar-refractivity contribution in [2.75, 3.05) is 11.1 Å². The summed E-state index contributed by atoms with van der Waals surface area (Å²) >= 11 is 1.25. The third kappa shape index (κ3) is 3.96. The zero-order chi connectivity index (χ0) is 16.9. The van der Waals surface area contributed by atoms with Gasteiger partial charge in [-0.1, -0.05) is 29.1 Å². The summed E-state index contributed by atoms with van der Waals surface area (Å²) in [6.07, 6.45) is 1.60. The number of amides is 1. The number of para-hydroxylation sites is 1. The Labute approximate surface area is 141 Å². The number of hydrogen-bond donors (Lipinski definition) is 1. The number of carbonyl (C=O) groups excluding carboxylic acids is 1. The van der Waals surface area contributed by atoms with Crippen molar-refractivity contribution in [3.05, 3.63) is 54.2 Å². The third-order valence-electron chi connectivity index (χ3n) is 3.01. The van der Waals surface area contributed by atoms with Crippen LogP contribution >= 0.6 is 11.8 Å². The van der Waals surface area contributed by atoms with Crippen LogP contribution in [0, 0.1) is 12.7 Å². The molecule has 1 N–H and O–H groups in total. The van der Waals surface area contributed by atoms with Gasteiger partial charge in [-0.25, -0.2) is 9.37 Å². The zero-order valence-corrected chi connectivity index (χ0v) is 13.5. The lowest BCUT2D eigenvalue weighted by molar-refractivity contribution is -0.113. The summed E-state index contributed by atoms with van der Waals surface area (Å²) in [5, 5.41) is 6.91. The van der Waals surface area contributed by atoms with E-state index in [0.29, 0.717) is 22.3 Å². The van der Waals surface area contributed by atoms with E-state index >= 15 is 0 Å². The molecule has 2 heterocycles. The van der Waals surface area contributed by atoms with Crippen LogP contribution in [0.25, 0.3) is 11.5 Å². The van der Waals surface area contributed by atoms with E-state index in [1.165, 1.54) is 23.9 Å². The van der Waals surface area contributed by atoms with Gasteiger partial charge in [0.25, 0.3) is 5.89 Å². The van der Waals surface area contributed by atoms with Gasteiger partial charge in [-0.2, -0.15) is 4.98 Å². The normalized spacial score (nSPS) is 10.6. The van der Waals surface area contributed by atoms with Crippen LogP contribution in [0.15, 0.2) is 52.1 Å². The Bertz CT molecular complexity index is 851. The summed E-state index contributed by atoms with van der Waals surface area (Å²) in [6.45, 7) is 1.73. The number of nitrogens with zero attached hydrogens (tertiary/aromatic N) is 3. The van der Waals surface area contributed by atoms with Gasteiger partial charge >= 0.3 is 0 Å². The lowest BCUT2D eigenvalue weighted by Gasteiger charge is -2.05. The van der Waals surface area contributed by atoms with Gasteiger partial charge in [-0.3, -0.25) is 4.79 Å². The standard InChI is InChI=1S/C16H13FN4O2S/c1-10-19-16(23-21-10)11-6-7-15(18-8-11)24-9-14(22)20-13-5-3-2-4-12(13)17/h2-8H,9H2,1H3,(H,20,22). The Morgan fingerprint density at radius 3 is 2.79 bits per heavy atom. The van der Waals surface area contributed by atoms with E-state index in [-0.39, 0.29) is 17.3 Å². The molecule has 8 heteroatoms. The molecule has 0 spiro atoms. The van der Waals surface area contributed by atoms with Gasteiger partial charge < -0.3 is 9.84 Å². The maximum absolute atomic E-state index is 13.5. The molecule has 0 aliphatic heterocycles. The molecule has 24 heavy (non-hydrogen) atoms. The van der Waals surface area contributed by atoms with E-state index in [9.17, 15) is 9.18 Å². The smallest absolute Gasteiger partial charge is 0.259 e. The average Bonchev–Trinajstić information content (AvgIpc) is 3.02. The molecule has 0 aliphatic rings. The highest BCUT2D eigenvalue weighted by molar-refractivity contribution is 7.99. The number of aromatic nitrogens is 3. The minimum Gasteiger partial charge on any atom is -0.334 e. The van der Waals surface area contributed by atoms with Crippen molar-refractivity contribution in [1.82, 2.24) is 15.1 Å². The predicted octanol–water partition coefficient (Wildman–Crippen LogP) is 3.31. The van der Waals surface area contributed by atoms with Crippen LogP contribution in [0.3, 0.4) is 0 Å². The summed E-state index contributed by atoms with van der Waals surface area (Å²) in [7, 11) is 0. The third-order valence-corrected chi connectivity index (χ3v) is 3.95. The van der Waals surface area contributed by atoms with Crippen molar-refractivity contribution >= 4 is 23.4 Å². The maximum atomic E-state index is 13.5. The molecule has 3 rings (SSSR count). The Morgan fingerprint density at radius 2 is 2.12 bits per heavy atom. The number of pyridine rings is 1. The number of hydrogen-bond acceptors (Lipinski definition) is 6. The molecule has 0 aliphatic carbocycles. The second-order valence-electron chi connectivity index (χ2n) is 4.85. The molecule has 0 unspecified atom stereocenters. The molecule has 6 nitrogen and oxygen atoms in total. The Morgan fingerprint density at radius 1 is 1.29 bits per heavy atom. The second kappa shape index (κ2) is 7.22. The zero-order valence-electron chi connectivity index (χ0n) is 12.7.